The van der Waals surface area contributed by atoms with Crippen molar-refractivity contribution in [2.45, 2.75) is 0 Å². The Morgan fingerprint density at radius 1 is 0.963 bits per heavy atom. The summed E-state index contributed by atoms with van der Waals surface area (Å²) in [6.07, 6.45) is 0. The summed E-state index contributed by atoms with van der Waals surface area (Å²) in [6, 6.07) is 12.5. The summed E-state index contributed by atoms with van der Waals surface area (Å²) in [5.74, 6) is -2.41. The minimum atomic E-state index is -1.14. The van der Waals surface area contributed by atoms with Crippen LogP contribution in [0.3, 0.4) is 0 Å². The van der Waals surface area contributed by atoms with Gasteiger partial charge in [0.05, 0.1) is 21.7 Å². The van der Waals surface area contributed by atoms with Crippen molar-refractivity contribution in [3.63, 3.8) is 0 Å². The topological polar surface area (TPSA) is 118 Å². The van der Waals surface area contributed by atoms with E-state index in [9.17, 15) is 24.5 Å². The highest BCUT2D eigenvalue weighted by Gasteiger charge is 2.35. The Morgan fingerprint density at radius 3 is 2.26 bits per heavy atom. The van der Waals surface area contributed by atoms with Crippen molar-refractivity contribution in [2.75, 3.05) is 4.90 Å². The summed E-state index contributed by atoms with van der Waals surface area (Å²) < 4.78 is 0. The van der Waals surface area contributed by atoms with Crippen LogP contribution in [0.25, 0.3) is 10.8 Å². The van der Waals surface area contributed by atoms with Gasteiger partial charge in [-0.1, -0.05) is 12.1 Å². The molecule has 0 fully saturated rings. The van der Waals surface area contributed by atoms with Crippen molar-refractivity contribution in [2.24, 2.45) is 0 Å². The molecular formula is C19H10N2O6. The summed E-state index contributed by atoms with van der Waals surface area (Å²) in [5, 5.41) is 21.0. The number of aromatic carboxylic acids is 1. The van der Waals surface area contributed by atoms with Crippen molar-refractivity contribution in [1.82, 2.24) is 0 Å². The number of carbonyl (C=O) groups is 3. The van der Waals surface area contributed by atoms with E-state index in [1.54, 1.807) is 18.2 Å². The molecule has 0 saturated heterocycles. The number of carboxylic acid groups (broad SMARTS) is 1. The van der Waals surface area contributed by atoms with Crippen LogP contribution in [-0.2, 0) is 0 Å². The van der Waals surface area contributed by atoms with Crippen LogP contribution in [0.2, 0.25) is 0 Å². The van der Waals surface area contributed by atoms with E-state index in [-0.39, 0.29) is 28.1 Å². The van der Waals surface area contributed by atoms with Crippen LogP contribution in [0, 0.1) is 10.1 Å². The molecule has 1 aliphatic rings. The lowest BCUT2D eigenvalue weighted by Gasteiger charge is -2.27. The summed E-state index contributed by atoms with van der Waals surface area (Å²) >= 11 is 0. The summed E-state index contributed by atoms with van der Waals surface area (Å²) in [7, 11) is 0. The molecule has 0 unspecified atom stereocenters. The van der Waals surface area contributed by atoms with E-state index >= 15 is 0 Å². The van der Waals surface area contributed by atoms with E-state index < -0.39 is 22.7 Å². The number of amides is 2. The number of imide groups is 1. The van der Waals surface area contributed by atoms with Crippen LogP contribution >= 0.6 is 0 Å². The molecule has 0 aliphatic carbocycles. The molecule has 0 aromatic heterocycles. The predicted molar refractivity (Wildman–Crippen MR) is 95.1 cm³/mol. The Bertz CT molecular complexity index is 1170. The third-order valence-electron chi connectivity index (χ3n) is 4.41. The standard InChI is InChI=1S/C19H10N2O6/c22-17-14-3-1-2-11-8-13(21(26)27)9-15(16(11)14)18(23)20(17)12-6-4-10(5-7-12)19(24)25/h1-9H,(H,24,25). The van der Waals surface area contributed by atoms with Crippen molar-refractivity contribution in [3.8, 4) is 0 Å². The van der Waals surface area contributed by atoms with Gasteiger partial charge in [0, 0.05) is 23.1 Å². The van der Waals surface area contributed by atoms with Crippen LogP contribution in [0.5, 0.6) is 0 Å². The zero-order valence-corrected chi connectivity index (χ0v) is 13.6. The third-order valence-corrected chi connectivity index (χ3v) is 4.41. The molecule has 132 valence electrons. The van der Waals surface area contributed by atoms with Gasteiger partial charge in [-0.2, -0.15) is 0 Å². The molecule has 4 rings (SSSR count). The molecule has 1 heterocycles. The molecule has 0 saturated carbocycles. The second-order valence-electron chi connectivity index (χ2n) is 5.95. The first-order valence-corrected chi connectivity index (χ1v) is 7.82. The van der Waals surface area contributed by atoms with Gasteiger partial charge in [-0.05, 0) is 35.7 Å². The van der Waals surface area contributed by atoms with Crippen molar-refractivity contribution in [3.05, 3.63) is 81.4 Å². The predicted octanol–water partition coefficient (Wildman–Crippen LogP) is 3.25. The van der Waals surface area contributed by atoms with Crippen molar-refractivity contribution >= 4 is 39.9 Å². The molecule has 3 aromatic carbocycles. The molecule has 27 heavy (non-hydrogen) atoms. The molecule has 0 atom stereocenters. The molecule has 8 nitrogen and oxygen atoms in total. The molecule has 1 aliphatic heterocycles. The average molecular weight is 362 g/mol. The number of nitro benzene ring substituents is 1. The number of nitrogens with zero attached hydrogens (tertiary/aromatic N) is 2. The molecular weight excluding hydrogens is 352 g/mol. The van der Waals surface area contributed by atoms with Crippen LogP contribution in [0.15, 0.2) is 54.6 Å². The Labute approximate surface area is 151 Å². The Kier molecular flexibility index (Phi) is 3.48. The van der Waals surface area contributed by atoms with Crippen LogP contribution in [0.1, 0.15) is 31.1 Å². The van der Waals surface area contributed by atoms with Gasteiger partial charge in [-0.3, -0.25) is 19.7 Å². The van der Waals surface area contributed by atoms with Crippen LogP contribution < -0.4 is 4.90 Å². The quantitative estimate of drug-likeness (QED) is 0.434. The number of rotatable bonds is 3. The van der Waals surface area contributed by atoms with Gasteiger partial charge in [-0.25, -0.2) is 9.69 Å². The fourth-order valence-electron chi connectivity index (χ4n) is 3.19. The van der Waals surface area contributed by atoms with Gasteiger partial charge in [0.15, 0.2) is 0 Å². The van der Waals surface area contributed by atoms with Gasteiger partial charge >= 0.3 is 5.97 Å². The highest BCUT2D eigenvalue weighted by molar-refractivity contribution is 6.36. The number of non-ortho nitro benzene ring substituents is 1. The zero-order valence-electron chi connectivity index (χ0n) is 13.6. The van der Waals surface area contributed by atoms with Gasteiger partial charge < -0.3 is 5.11 Å². The normalized spacial score (nSPS) is 13.1. The van der Waals surface area contributed by atoms with Gasteiger partial charge in [0.2, 0.25) is 0 Å². The van der Waals surface area contributed by atoms with E-state index in [0.29, 0.717) is 10.8 Å². The van der Waals surface area contributed by atoms with E-state index in [1.807, 2.05) is 0 Å². The third kappa shape index (κ3) is 2.43. The number of carbonyl (C=O) groups excluding carboxylic acids is 2. The van der Waals surface area contributed by atoms with Gasteiger partial charge in [-0.15, -0.1) is 0 Å². The smallest absolute Gasteiger partial charge is 0.335 e. The molecule has 0 bridgehead atoms. The molecule has 1 N–H and O–H groups in total. The first-order chi connectivity index (χ1) is 12.9. The second-order valence-corrected chi connectivity index (χ2v) is 5.95. The number of benzene rings is 3. The maximum atomic E-state index is 13.0. The summed E-state index contributed by atoms with van der Waals surface area (Å²) in [4.78, 5) is 48.4. The summed E-state index contributed by atoms with van der Waals surface area (Å²) in [5.41, 5.74) is 0.243. The maximum Gasteiger partial charge on any atom is 0.335 e. The first kappa shape index (κ1) is 16.4. The molecule has 0 spiro atoms. The number of hydrogen-bond acceptors (Lipinski definition) is 5. The van der Waals surface area contributed by atoms with Crippen LogP contribution in [0.4, 0.5) is 11.4 Å². The minimum absolute atomic E-state index is 0.00815. The Balaban J connectivity index is 1.93. The molecule has 3 aromatic rings. The zero-order chi connectivity index (χ0) is 19.3. The van der Waals surface area contributed by atoms with Crippen LogP contribution in [-0.4, -0.2) is 27.8 Å². The Hall–Kier alpha value is -4.07. The molecule has 8 heteroatoms. The van der Waals surface area contributed by atoms with E-state index in [0.717, 1.165) is 11.0 Å². The lowest BCUT2D eigenvalue weighted by atomic mass is 9.93. The molecule has 2 amide bonds. The highest BCUT2D eigenvalue weighted by atomic mass is 16.6. The lowest BCUT2D eigenvalue weighted by molar-refractivity contribution is -0.384. The number of carboxylic acids is 1. The summed E-state index contributed by atoms with van der Waals surface area (Å²) in [6.45, 7) is 0. The number of nitro groups is 1. The number of hydrogen-bond donors (Lipinski definition) is 1. The van der Waals surface area contributed by atoms with Gasteiger partial charge in [0.25, 0.3) is 17.5 Å². The monoisotopic (exact) mass is 362 g/mol. The maximum absolute atomic E-state index is 13.0. The van der Waals surface area contributed by atoms with E-state index in [4.69, 9.17) is 5.11 Å². The first-order valence-electron chi connectivity index (χ1n) is 7.82. The minimum Gasteiger partial charge on any atom is -0.478 e. The fraction of sp³-hybridized carbons (Fsp3) is 0. The SMILES string of the molecule is O=C(O)c1ccc(N2C(=O)c3cccc4cc([N+](=O)[O-])cc(c34)C2=O)cc1. The van der Waals surface area contributed by atoms with Crippen molar-refractivity contribution < 1.29 is 24.4 Å². The molecule has 0 radical (unpaired) electrons. The number of anilines is 1. The fourth-order valence-corrected chi connectivity index (χ4v) is 3.19. The largest absolute Gasteiger partial charge is 0.478 e. The second kappa shape index (κ2) is 5.73. The lowest BCUT2D eigenvalue weighted by Crippen LogP contribution is -2.40. The highest BCUT2D eigenvalue weighted by Crippen LogP contribution is 2.35. The van der Waals surface area contributed by atoms with Gasteiger partial charge in [0.1, 0.15) is 0 Å². The average Bonchev–Trinajstić information content (AvgIpc) is 2.66. The Morgan fingerprint density at radius 2 is 1.63 bits per heavy atom. The van der Waals surface area contributed by atoms with Crippen molar-refractivity contribution in [1.29, 1.82) is 0 Å². The van der Waals surface area contributed by atoms with E-state index in [2.05, 4.69) is 0 Å². The van der Waals surface area contributed by atoms with E-state index in [1.165, 1.54) is 30.3 Å².